The van der Waals surface area contributed by atoms with Crippen molar-refractivity contribution in [3.63, 3.8) is 0 Å². The van der Waals surface area contributed by atoms with Gasteiger partial charge < -0.3 is 13.9 Å². The molecule has 0 spiro atoms. The summed E-state index contributed by atoms with van der Waals surface area (Å²) in [5.74, 6) is -1.89. The van der Waals surface area contributed by atoms with Crippen LogP contribution in [0.15, 0.2) is 25.8 Å². The van der Waals surface area contributed by atoms with Crippen molar-refractivity contribution < 1.29 is 18.7 Å². The summed E-state index contributed by atoms with van der Waals surface area (Å²) >= 11 is 0. The second-order valence-electron chi connectivity index (χ2n) is 2.82. The molecule has 0 aliphatic heterocycles. The molecule has 0 aliphatic carbocycles. The minimum atomic E-state index is -1.06. The summed E-state index contributed by atoms with van der Waals surface area (Å²) in [7, 11) is 0. The molecule has 0 fully saturated rings. The number of hydrogen-bond acceptors (Lipinski definition) is 4. The van der Waals surface area contributed by atoms with Crippen molar-refractivity contribution in [2.24, 2.45) is 0 Å². The first-order valence-corrected chi connectivity index (χ1v) is 3.86. The van der Waals surface area contributed by atoms with Crippen LogP contribution in [0.2, 0.25) is 0 Å². The Morgan fingerprint density at radius 1 is 1.36 bits per heavy atom. The van der Waals surface area contributed by atoms with Crippen LogP contribution >= 0.6 is 0 Å². The topological polar surface area (TPSA) is 80.6 Å². The number of carboxylic acid groups (broad SMARTS) is 1. The zero-order valence-electron chi connectivity index (χ0n) is 7.23. The highest BCUT2D eigenvalue weighted by Gasteiger charge is 2.14. The summed E-state index contributed by atoms with van der Waals surface area (Å²) in [6.07, 6.45) is 0. The lowest BCUT2D eigenvalue weighted by Gasteiger charge is -1.97. The number of carboxylic acids is 1. The smallest absolute Gasteiger partial charge is 0.478 e. The average molecular weight is 194 g/mol. The van der Waals surface area contributed by atoms with E-state index in [1.165, 1.54) is 12.1 Å². The van der Waals surface area contributed by atoms with E-state index in [1.54, 1.807) is 6.92 Å². The predicted octanol–water partition coefficient (Wildman–Crippen LogP) is 1.39. The molecule has 2 aromatic rings. The van der Waals surface area contributed by atoms with Crippen LogP contribution in [0.25, 0.3) is 11.2 Å². The van der Waals surface area contributed by atoms with Crippen molar-refractivity contribution in [3.8, 4) is 0 Å². The molecule has 5 heteroatoms. The van der Waals surface area contributed by atoms with Crippen molar-refractivity contribution in [2.75, 3.05) is 0 Å². The predicted molar refractivity (Wildman–Crippen MR) is 46.4 cm³/mol. The maximum atomic E-state index is 10.7. The highest BCUT2D eigenvalue weighted by Crippen LogP contribution is 2.20. The third-order valence-corrected chi connectivity index (χ3v) is 1.98. The molecule has 1 heterocycles. The standard InChI is InChI=1S/C9H6O5/c1-4-5(8(10)11)2-3-6-7(4)14-9(12)13-6/h2-3H,1H3,(H,10,11). The first-order chi connectivity index (χ1) is 6.59. The summed E-state index contributed by atoms with van der Waals surface area (Å²) in [4.78, 5) is 21.5. The Bertz CT molecular complexity index is 560. The lowest BCUT2D eigenvalue weighted by molar-refractivity contribution is 0.0696. The van der Waals surface area contributed by atoms with Gasteiger partial charge in [0.1, 0.15) is 0 Å². The number of aryl methyl sites for hydroxylation is 1. The second kappa shape index (κ2) is 2.73. The van der Waals surface area contributed by atoms with Crippen LogP contribution in [0.1, 0.15) is 15.9 Å². The Morgan fingerprint density at radius 2 is 2.07 bits per heavy atom. The maximum Gasteiger partial charge on any atom is 0.519 e. The van der Waals surface area contributed by atoms with Gasteiger partial charge in [-0.2, -0.15) is 0 Å². The van der Waals surface area contributed by atoms with Gasteiger partial charge in [-0.05, 0) is 19.1 Å². The Hall–Kier alpha value is -2.04. The van der Waals surface area contributed by atoms with Crippen LogP contribution in [0.3, 0.4) is 0 Å². The number of fused-ring (bicyclic) bond motifs is 1. The lowest BCUT2D eigenvalue weighted by Crippen LogP contribution is -1.98. The van der Waals surface area contributed by atoms with Gasteiger partial charge in [-0.25, -0.2) is 9.59 Å². The van der Waals surface area contributed by atoms with Gasteiger partial charge in [0.05, 0.1) is 5.56 Å². The van der Waals surface area contributed by atoms with E-state index < -0.39 is 11.8 Å². The monoisotopic (exact) mass is 194 g/mol. The first-order valence-electron chi connectivity index (χ1n) is 3.86. The Labute approximate surface area is 77.6 Å². The molecule has 1 N–H and O–H groups in total. The number of carbonyl (C=O) groups is 1. The molecular weight excluding hydrogens is 188 g/mol. The molecule has 0 saturated heterocycles. The summed E-state index contributed by atoms with van der Waals surface area (Å²) in [6.45, 7) is 1.56. The van der Waals surface area contributed by atoms with Crippen molar-refractivity contribution in [2.45, 2.75) is 6.92 Å². The van der Waals surface area contributed by atoms with E-state index in [0.717, 1.165) is 0 Å². The van der Waals surface area contributed by atoms with Gasteiger partial charge >= 0.3 is 11.8 Å². The Morgan fingerprint density at radius 3 is 2.71 bits per heavy atom. The fraction of sp³-hybridized carbons (Fsp3) is 0.111. The quantitative estimate of drug-likeness (QED) is 0.741. The summed E-state index contributed by atoms with van der Waals surface area (Å²) in [6, 6.07) is 2.77. The van der Waals surface area contributed by atoms with Gasteiger partial charge in [0.25, 0.3) is 0 Å². The fourth-order valence-electron chi connectivity index (χ4n) is 1.30. The molecule has 0 radical (unpaired) electrons. The molecule has 0 bridgehead atoms. The number of benzene rings is 1. The Balaban J connectivity index is 2.87. The summed E-state index contributed by atoms with van der Waals surface area (Å²) in [5.41, 5.74) is 0.940. The van der Waals surface area contributed by atoms with Crippen LogP contribution in [-0.2, 0) is 0 Å². The van der Waals surface area contributed by atoms with E-state index >= 15 is 0 Å². The molecule has 0 amide bonds. The van der Waals surface area contributed by atoms with Crippen molar-refractivity contribution >= 4 is 17.1 Å². The van der Waals surface area contributed by atoms with Gasteiger partial charge in [-0.15, -0.1) is 0 Å². The molecule has 1 aromatic carbocycles. The van der Waals surface area contributed by atoms with Crippen LogP contribution in [0.4, 0.5) is 0 Å². The van der Waals surface area contributed by atoms with E-state index in [0.29, 0.717) is 5.56 Å². The molecule has 0 unspecified atom stereocenters. The van der Waals surface area contributed by atoms with Gasteiger partial charge in [0, 0.05) is 5.56 Å². The lowest BCUT2D eigenvalue weighted by atomic mass is 10.1. The third-order valence-electron chi connectivity index (χ3n) is 1.98. The van der Waals surface area contributed by atoms with Crippen LogP contribution < -0.4 is 5.82 Å². The molecule has 5 nitrogen and oxygen atoms in total. The largest absolute Gasteiger partial charge is 0.519 e. The van der Waals surface area contributed by atoms with Crippen molar-refractivity contribution in [1.29, 1.82) is 0 Å². The van der Waals surface area contributed by atoms with Crippen molar-refractivity contribution in [1.82, 2.24) is 0 Å². The van der Waals surface area contributed by atoms with Crippen molar-refractivity contribution in [3.05, 3.63) is 33.9 Å². The fourth-order valence-corrected chi connectivity index (χ4v) is 1.30. The molecule has 0 atom stereocenters. The average Bonchev–Trinajstić information content (AvgIpc) is 2.46. The van der Waals surface area contributed by atoms with Crippen LogP contribution in [0.5, 0.6) is 0 Å². The van der Waals surface area contributed by atoms with E-state index in [4.69, 9.17) is 9.52 Å². The van der Waals surface area contributed by atoms with Gasteiger partial charge in [0.15, 0.2) is 11.2 Å². The van der Waals surface area contributed by atoms with Gasteiger partial charge in [-0.1, -0.05) is 0 Å². The number of aromatic carboxylic acids is 1. The molecule has 2 rings (SSSR count). The van der Waals surface area contributed by atoms with E-state index in [2.05, 4.69) is 4.42 Å². The normalized spacial score (nSPS) is 10.6. The summed E-state index contributed by atoms with van der Waals surface area (Å²) in [5, 5.41) is 8.78. The Kier molecular flexibility index (Phi) is 1.67. The zero-order chi connectivity index (χ0) is 10.3. The minimum Gasteiger partial charge on any atom is -0.478 e. The molecule has 14 heavy (non-hydrogen) atoms. The molecule has 0 aliphatic rings. The minimum absolute atomic E-state index is 0.0991. The van der Waals surface area contributed by atoms with Crippen LogP contribution in [0, 0.1) is 6.92 Å². The third kappa shape index (κ3) is 1.10. The SMILES string of the molecule is Cc1c(C(=O)O)ccc2oc(=O)oc12. The number of rotatable bonds is 1. The first kappa shape index (κ1) is 8.55. The zero-order valence-corrected chi connectivity index (χ0v) is 7.23. The molecule has 72 valence electrons. The van der Waals surface area contributed by atoms with Gasteiger partial charge in [0.2, 0.25) is 0 Å². The molecular formula is C9H6O5. The van der Waals surface area contributed by atoms with Crippen LogP contribution in [-0.4, -0.2) is 11.1 Å². The van der Waals surface area contributed by atoms with E-state index in [-0.39, 0.29) is 16.7 Å². The van der Waals surface area contributed by atoms with E-state index in [9.17, 15) is 9.59 Å². The highest BCUT2D eigenvalue weighted by molar-refractivity contribution is 5.94. The molecule has 0 saturated carbocycles. The molecule has 1 aromatic heterocycles. The number of hydrogen-bond donors (Lipinski definition) is 1. The van der Waals surface area contributed by atoms with Gasteiger partial charge in [-0.3, -0.25) is 0 Å². The second-order valence-corrected chi connectivity index (χ2v) is 2.82. The van der Waals surface area contributed by atoms with E-state index in [1.807, 2.05) is 0 Å². The summed E-state index contributed by atoms with van der Waals surface area (Å²) < 4.78 is 9.37. The maximum absolute atomic E-state index is 10.7. The highest BCUT2D eigenvalue weighted by atomic mass is 16.6.